The van der Waals surface area contributed by atoms with Crippen LogP contribution >= 0.6 is 15.9 Å². The van der Waals surface area contributed by atoms with E-state index in [9.17, 15) is 4.39 Å². The lowest BCUT2D eigenvalue weighted by Gasteiger charge is -2.18. The van der Waals surface area contributed by atoms with Gasteiger partial charge in [0.1, 0.15) is 5.82 Å². The van der Waals surface area contributed by atoms with E-state index < -0.39 is 0 Å². The summed E-state index contributed by atoms with van der Waals surface area (Å²) in [4.78, 5) is 4.14. The number of hydrogen-bond donors (Lipinski definition) is 1. The van der Waals surface area contributed by atoms with Crippen molar-refractivity contribution < 1.29 is 4.39 Å². The summed E-state index contributed by atoms with van der Waals surface area (Å²) in [6, 6.07) is 9.33. The van der Waals surface area contributed by atoms with Crippen molar-refractivity contribution in [1.82, 2.24) is 10.3 Å². The van der Waals surface area contributed by atoms with Crippen molar-refractivity contribution >= 4 is 15.9 Å². The molecule has 2 aromatic rings. The Hall–Kier alpha value is -1.26. The first kappa shape index (κ1) is 15.1. The fraction of sp³-hybridized carbons (Fsp3) is 0.312. The SMILES string of the molecule is CCNC(Cc1cccnc1)Cc1cc(F)cc(Br)c1. The molecule has 0 fully saturated rings. The van der Waals surface area contributed by atoms with Gasteiger partial charge in [0.2, 0.25) is 0 Å². The Balaban J connectivity index is 2.08. The van der Waals surface area contributed by atoms with Gasteiger partial charge in [-0.2, -0.15) is 0 Å². The number of nitrogens with zero attached hydrogens (tertiary/aromatic N) is 1. The van der Waals surface area contributed by atoms with Crippen molar-refractivity contribution in [3.63, 3.8) is 0 Å². The summed E-state index contributed by atoms with van der Waals surface area (Å²) in [7, 11) is 0. The molecule has 0 spiro atoms. The van der Waals surface area contributed by atoms with Gasteiger partial charge < -0.3 is 5.32 Å². The van der Waals surface area contributed by atoms with Gasteiger partial charge in [-0.15, -0.1) is 0 Å². The maximum absolute atomic E-state index is 13.4. The van der Waals surface area contributed by atoms with Crippen LogP contribution in [0, 0.1) is 5.82 Å². The van der Waals surface area contributed by atoms with Crippen molar-refractivity contribution in [2.24, 2.45) is 0 Å². The quantitative estimate of drug-likeness (QED) is 0.868. The minimum absolute atomic E-state index is 0.203. The average molecular weight is 337 g/mol. The van der Waals surface area contributed by atoms with Crippen LogP contribution < -0.4 is 5.32 Å². The Morgan fingerprint density at radius 2 is 2.05 bits per heavy atom. The fourth-order valence-corrected chi connectivity index (χ4v) is 2.83. The van der Waals surface area contributed by atoms with Crippen LogP contribution in [0.5, 0.6) is 0 Å². The molecule has 0 radical (unpaired) electrons. The number of nitrogens with one attached hydrogen (secondary N) is 1. The zero-order chi connectivity index (χ0) is 14.4. The summed E-state index contributed by atoms with van der Waals surface area (Å²) in [5.74, 6) is -0.203. The topological polar surface area (TPSA) is 24.9 Å². The molecule has 0 saturated carbocycles. The highest BCUT2D eigenvalue weighted by molar-refractivity contribution is 9.10. The van der Waals surface area contributed by atoms with Gasteiger partial charge in [0.25, 0.3) is 0 Å². The van der Waals surface area contributed by atoms with E-state index in [0.29, 0.717) is 0 Å². The van der Waals surface area contributed by atoms with Gasteiger partial charge in [0, 0.05) is 22.9 Å². The predicted molar refractivity (Wildman–Crippen MR) is 83.2 cm³/mol. The number of benzene rings is 1. The molecule has 0 aliphatic rings. The highest BCUT2D eigenvalue weighted by atomic mass is 79.9. The van der Waals surface area contributed by atoms with E-state index >= 15 is 0 Å². The predicted octanol–water partition coefficient (Wildman–Crippen LogP) is 3.75. The van der Waals surface area contributed by atoms with Crippen molar-refractivity contribution in [2.45, 2.75) is 25.8 Å². The van der Waals surface area contributed by atoms with Gasteiger partial charge in [-0.05, 0) is 54.8 Å². The van der Waals surface area contributed by atoms with Crippen LogP contribution in [-0.2, 0) is 12.8 Å². The first-order valence-corrected chi connectivity index (χ1v) is 7.54. The Morgan fingerprint density at radius 3 is 2.70 bits per heavy atom. The molecule has 2 rings (SSSR count). The van der Waals surface area contributed by atoms with E-state index in [0.717, 1.165) is 29.4 Å². The molecular weight excluding hydrogens is 319 g/mol. The molecule has 2 nitrogen and oxygen atoms in total. The molecule has 1 unspecified atom stereocenters. The Labute approximate surface area is 127 Å². The Kier molecular flexibility index (Phi) is 5.68. The summed E-state index contributed by atoms with van der Waals surface area (Å²) in [5, 5.41) is 3.45. The van der Waals surface area contributed by atoms with Crippen LogP contribution in [-0.4, -0.2) is 17.6 Å². The van der Waals surface area contributed by atoms with Crippen molar-refractivity contribution in [2.75, 3.05) is 6.54 Å². The number of pyridine rings is 1. The summed E-state index contributed by atoms with van der Waals surface area (Å²) in [6.07, 6.45) is 5.33. The first-order chi connectivity index (χ1) is 9.67. The van der Waals surface area contributed by atoms with Crippen molar-refractivity contribution in [1.29, 1.82) is 0 Å². The Morgan fingerprint density at radius 1 is 1.25 bits per heavy atom. The molecule has 1 aromatic carbocycles. The molecule has 0 saturated heterocycles. The highest BCUT2D eigenvalue weighted by Crippen LogP contribution is 2.17. The highest BCUT2D eigenvalue weighted by Gasteiger charge is 2.11. The lowest BCUT2D eigenvalue weighted by atomic mass is 10.00. The van der Waals surface area contributed by atoms with Gasteiger partial charge in [0.15, 0.2) is 0 Å². The van der Waals surface area contributed by atoms with Crippen LogP contribution in [0.4, 0.5) is 4.39 Å². The summed E-state index contributed by atoms with van der Waals surface area (Å²) < 4.78 is 14.2. The summed E-state index contributed by atoms with van der Waals surface area (Å²) in [5.41, 5.74) is 2.18. The molecule has 4 heteroatoms. The van der Waals surface area contributed by atoms with Gasteiger partial charge >= 0.3 is 0 Å². The summed E-state index contributed by atoms with van der Waals surface area (Å²) >= 11 is 3.34. The number of hydrogen-bond acceptors (Lipinski definition) is 2. The molecule has 0 aliphatic carbocycles. The monoisotopic (exact) mass is 336 g/mol. The third kappa shape index (κ3) is 4.69. The van der Waals surface area contributed by atoms with Crippen LogP contribution in [0.3, 0.4) is 0 Å². The van der Waals surface area contributed by atoms with Gasteiger partial charge in [0.05, 0.1) is 0 Å². The zero-order valence-electron chi connectivity index (χ0n) is 11.4. The average Bonchev–Trinajstić information content (AvgIpc) is 2.39. The molecule has 1 N–H and O–H groups in total. The second-order valence-electron chi connectivity index (χ2n) is 4.80. The normalized spacial score (nSPS) is 12.3. The van der Waals surface area contributed by atoms with Crippen LogP contribution in [0.1, 0.15) is 18.1 Å². The molecule has 1 aromatic heterocycles. The first-order valence-electron chi connectivity index (χ1n) is 6.74. The second-order valence-corrected chi connectivity index (χ2v) is 5.72. The molecule has 0 aliphatic heterocycles. The number of likely N-dealkylation sites (N-methyl/N-ethyl adjacent to an activating group) is 1. The van der Waals surface area contributed by atoms with E-state index in [1.807, 2.05) is 18.3 Å². The molecule has 0 bridgehead atoms. The van der Waals surface area contributed by atoms with E-state index in [1.54, 1.807) is 12.3 Å². The minimum Gasteiger partial charge on any atom is -0.314 e. The minimum atomic E-state index is -0.203. The largest absolute Gasteiger partial charge is 0.314 e. The molecule has 0 amide bonds. The lowest BCUT2D eigenvalue weighted by molar-refractivity contribution is 0.519. The number of halogens is 2. The van der Waals surface area contributed by atoms with E-state index in [1.165, 1.54) is 11.6 Å². The number of rotatable bonds is 6. The molecule has 1 atom stereocenters. The maximum Gasteiger partial charge on any atom is 0.124 e. The standard InChI is InChI=1S/C16H18BrFN2/c1-2-20-16(8-12-4-3-5-19-11-12)9-13-6-14(17)10-15(18)7-13/h3-7,10-11,16,20H,2,8-9H2,1H3. The molecular formula is C16H18BrFN2. The van der Waals surface area contributed by atoms with Crippen molar-refractivity contribution in [3.05, 3.63) is 64.1 Å². The zero-order valence-corrected chi connectivity index (χ0v) is 13.0. The second kappa shape index (κ2) is 7.50. The molecule has 106 valence electrons. The fourth-order valence-electron chi connectivity index (χ4n) is 2.32. The van der Waals surface area contributed by atoms with E-state index in [-0.39, 0.29) is 11.9 Å². The van der Waals surface area contributed by atoms with Gasteiger partial charge in [-0.3, -0.25) is 4.98 Å². The third-order valence-electron chi connectivity index (χ3n) is 3.10. The smallest absolute Gasteiger partial charge is 0.124 e. The molecule has 1 heterocycles. The van der Waals surface area contributed by atoms with Crippen molar-refractivity contribution in [3.8, 4) is 0 Å². The van der Waals surface area contributed by atoms with Gasteiger partial charge in [-0.25, -0.2) is 4.39 Å². The number of aromatic nitrogens is 1. The maximum atomic E-state index is 13.4. The van der Waals surface area contributed by atoms with Crippen LogP contribution in [0.15, 0.2) is 47.2 Å². The summed E-state index contributed by atoms with van der Waals surface area (Å²) in [6.45, 7) is 2.97. The molecule has 20 heavy (non-hydrogen) atoms. The van der Waals surface area contributed by atoms with E-state index in [4.69, 9.17) is 0 Å². The van der Waals surface area contributed by atoms with Crippen LogP contribution in [0.25, 0.3) is 0 Å². The lowest BCUT2D eigenvalue weighted by Crippen LogP contribution is -2.33. The van der Waals surface area contributed by atoms with Gasteiger partial charge in [-0.1, -0.05) is 28.9 Å². The Bertz CT molecular complexity index is 525. The van der Waals surface area contributed by atoms with Crippen LogP contribution in [0.2, 0.25) is 0 Å². The van der Waals surface area contributed by atoms with E-state index in [2.05, 4.69) is 39.2 Å². The third-order valence-corrected chi connectivity index (χ3v) is 3.56.